The van der Waals surface area contributed by atoms with Crippen molar-refractivity contribution in [1.82, 2.24) is 0 Å². The number of halogens is 2. The van der Waals surface area contributed by atoms with Crippen molar-refractivity contribution in [1.29, 1.82) is 0 Å². The molecule has 0 atom stereocenters. The van der Waals surface area contributed by atoms with Crippen LogP contribution in [0.5, 0.6) is 0 Å². The zero-order valence-corrected chi connectivity index (χ0v) is 14.3. The summed E-state index contributed by atoms with van der Waals surface area (Å²) in [5.74, 6) is -0.227. The normalized spacial score (nSPS) is 10.3. The van der Waals surface area contributed by atoms with Gasteiger partial charge in [-0.1, -0.05) is 35.3 Å². The Morgan fingerprint density at radius 1 is 1.09 bits per heavy atom. The van der Waals surface area contributed by atoms with Crippen molar-refractivity contribution in [3.05, 3.63) is 58.1 Å². The summed E-state index contributed by atoms with van der Waals surface area (Å²) in [4.78, 5) is 24.9. The Hall–Kier alpha value is -2.04. The number of anilines is 2. The minimum Gasteiger partial charge on any atom is -0.324 e. The molecule has 0 bridgehead atoms. The molecule has 0 saturated heterocycles. The van der Waals surface area contributed by atoms with Crippen LogP contribution in [0.4, 0.5) is 11.4 Å². The van der Waals surface area contributed by atoms with Gasteiger partial charge in [-0.25, -0.2) is 0 Å². The highest BCUT2D eigenvalue weighted by Gasteiger charge is 2.09. The van der Waals surface area contributed by atoms with E-state index in [1.54, 1.807) is 37.4 Å². The number of carbonyl (C=O) groups excluding carboxylic acids is 2. The van der Waals surface area contributed by atoms with Crippen molar-refractivity contribution in [2.45, 2.75) is 13.3 Å². The summed E-state index contributed by atoms with van der Waals surface area (Å²) in [5, 5.41) is 3.65. The highest BCUT2D eigenvalue weighted by atomic mass is 35.5. The molecular formula is C17H16Cl2N2O2. The van der Waals surface area contributed by atoms with Crippen LogP contribution >= 0.6 is 23.2 Å². The molecule has 23 heavy (non-hydrogen) atoms. The molecule has 1 N–H and O–H groups in total. The summed E-state index contributed by atoms with van der Waals surface area (Å²) < 4.78 is 0. The Balaban J connectivity index is 2.01. The Morgan fingerprint density at radius 2 is 1.74 bits per heavy atom. The quantitative estimate of drug-likeness (QED) is 0.899. The van der Waals surface area contributed by atoms with Gasteiger partial charge in [-0.3, -0.25) is 9.59 Å². The van der Waals surface area contributed by atoms with Crippen molar-refractivity contribution < 1.29 is 9.59 Å². The maximum atomic E-state index is 12.1. The number of hydrogen-bond acceptors (Lipinski definition) is 2. The molecule has 120 valence electrons. The predicted molar refractivity (Wildman–Crippen MR) is 94.3 cm³/mol. The second-order valence-corrected chi connectivity index (χ2v) is 5.94. The summed E-state index contributed by atoms with van der Waals surface area (Å²) in [6.07, 6.45) is 0.211. The molecule has 0 unspecified atom stereocenters. The summed E-state index contributed by atoms with van der Waals surface area (Å²) in [5.41, 5.74) is 2.14. The van der Waals surface area contributed by atoms with Crippen molar-refractivity contribution in [2.24, 2.45) is 0 Å². The third kappa shape index (κ3) is 4.71. The first-order valence-corrected chi connectivity index (χ1v) is 7.70. The van der Waals surface area contributed by atoms with Gasteiger partial charge in [0.2, 0.25) is 11.8 Å². The third-order valence-corrected chi connectivity index (χ3v) is 3.91. The van der Waals surface area contributed by atoms with Gasteiger partial charge in [0, 0.05) is 24.7 Å². The first kappa shape index (κ1) is 17.3. The fraction of sp³-hybridized carbons (Fsp3) is 0.176. The monoisotopic (exact) mass is 350 g/mol. The SMILES string of the molecule is CC(=O)N(C)c1ccc(CC(=O)Nc2ccc(Cl)cc2Cl)cc1. The van der Waals surface area contributed by atoms with Crippen molar-refractivity contribution in [2.75, 3.05) is 17.3 Å². The van der Waals surface area contributed by atoms with Crippen molar-refractivity contribution in [3.8, 4) is 0 Å². The molecule has 2 amide bonds. The maximum Gasteiger partial charge on any atom is 0.228 e. The van der Waals surface area contributed by atoms with Crippen LogP contribution < -0.4 is 10.2 Å². The molecule has 0 radical (unpaired) electrons. The predicted octanol–water partition coefficient (Wildman–Crippen LogP) is 4.16. The smallest absolute Gasteiger partial charge is 0.228 e. The van der Waals surface area contributed by atoms with E-state index >= 15 is 0 Å². The van der Waals surface area contributed by atoms with Gasteiger partial charge in [0.05, 0.1) is 17.1 Å². The molecule has 2 rings (SSSR count). The van der Waals surface area contributed by atoms with Gasteiger partial charge in [-0.05, 0) is 35.9 Å². The van der Waals surface area contributed by atoms with Gasteiger partial charge in [-0.2, -0.15) is 0 Å². The zero-order chi connectivity index (χ0) is 17.0. The number of nitrogens with one attached hydrogen (secondary N) is 1. The standard InChI is InChI=1S/C17H16Cl2N2O2/c1-11(22)21(2)14-6-3-12(4-7-14)9-17(23)20-16-8-5-13(18)10-15(16)19/h3-8,10H,9H2,1-2H3,(H,20,23). The second-order valence-electron chi connectivity index (χ2n) is 5.09. The Labute approximate surface area is 145 Å². The molecule has 6 heteroatoms. The Kier molecular flexibility index (Phi) is 5.64. The minimum atomic E-state index is -0.179. The van der Waals surface area contributed by atoms with Crippen molar-refractivity contribution >= 4 is 46.4 Å². The summed E-state index contributed by atoms with van der Waals surface area (Å²) in [7, 11) is 1.70. The fourth-order valence-corrected chi connectivity index (χ4v) is 2.45. The lowest BCUT2D eigenvalue weighted by Crippen LogP contribution is -2.22. The lowest BCUT2D eigenvalue weighted by Gasteiger charge is -2.15. The maximum absolute atomic E-state index is 12.1. The molecule has 0 aliphatic carbocycles. The number of hydrogen-bond donors (Lipinski definition) is 1. The van der Waals surface area contributed by atoms with E-state index in [1.165, 1.54) is 11.8 Å². The molecule has 4 nitrogen and oxygen atoms in total. The third-order valence-electron chi connectivity index (χ3n) is 3.37. The van der Waals surface area contributed by atoms with E-state index in [0.29, 0.717) is 15.7 Å². The number of nitrogens with zero attached hydrogens (tertiary/aromatic N) is 1. The highest BCUT2D eigenvalue weighted by Crippen LogP contribution is 2.25. The van der Waals surface area contributed by atoms with Crippen molar-refractivity contribution in [3.63, 3.8) is 0 Å². The van der Waals surface area contributed by atoms with E-state index in [2.05, 4.69) is 5.32 Å². The second kappa shape index (κ2) is 7.49. The number of carbonyl (C=O) groups is 2. The average Bonchev–Trinajstić information content (AvgIpc) is 2.50. The van der Waals surface area contributed by atoms with Gasteiger partial charge >= 0.3 is 0 Å². The van der Waals surface area contributed by atoms with Gasteiger partial charge in [0.25, 0.3) is 0 Å². The summed E-state index contributed by atoms with van der Waals surface area (Å²) >= 11 is 11.8. The minimum absolute atomic E-state index is 0.0483. The Morgan fingerprint density at radius 3 is 2.30 bits per heavy atom. The van der Waals surface area contributed by atoms with Crippen LogP contribution in [0.1, 0.15) is 12.5 Å². The van der Waals surface area contributed by atoms with Crippen LogP contribution in [-0.4, -0.2) is 18.9 Å². The van der Waals surface area contributed by atoms with Gasteiger partial charge in [-0.15, -0.1) is 0 Å². The molecule has 0 aliphatic heterocycles. The number of benzene rings is 2. The van der Waals surface area contributed by atoms with Gasteiger partial charge in [0.15, 0.2) is 0 Å². The van der Waals surface area contributed by atoms with Crippen LogP contribution in [-0.2, 0) is 16.0 Å². The molecular weight excluding hydrogens is 335 g/mol. The zero-order valence-electron chi connectivity index (χ0n) is 12.8. The first-order chi connectivity index (χ1) is 10.9. The van der Waals surface area contributed by atoms with E-state index in [9.17, 15) is 9.59 Å². The molecule has 0 heterocycles. The van der Waals surface area contributed by atoms with Gasteiger partial charge < -0.3 is 10.2 Å². The molecule has 0 saturated carbocycles. The van der Waals surface area contributed by atoms with Crippen LogP contribution in [0.2, 0.25) is 10.0 Å². The number of rotatable bonds is 4. The van der Waals surface area contributed by atoms with E-state index in [4.69, 9.17) is 23.2 Å². The van der Waals surface area contributed by atoms with Crippen LogP contribution in [0, 0.1) is 0 Å². The fourth-order valence-electron chi connectivity index (χ4n) is 1.99. The van der Waals surface area contributed by atoms with E-state index in [0.717, 1.165) is 11.3 Å². The van der Waals surface area contributed by atoms with Crippen LogP contribution in [0.15, 0.2) is 42.5 Å². The molecule has 0 aromatic heterocycles. The highest BCUT2D eigenvalue weighted by molar-refractivity contribution is 6.36. The molecule has 0 spiro atoms. The molecule has 2 aromatic carbocycles. The number of amides is 2. The van der Waals surface area contributed by atoms with E-state index in [1.807, 2.05) is 12.1 Å². The van der Waals surface area contributed by atoms with Gasteiger partial charge in [0.1, 0.15) is 0 Å². The lowest BCUT2D eigenvalue weighted by molar-refractivity contribution is -0.116. The Bertz CT molecular complexity index is 730. The largest absolute Gasteiger partial charge is 0.324 e. The van der Waals surface area contributed by atoms with E-state index < -0.39 is 0 Å². The van der Waals surface area contributed by atoms with Crippen LogP contribution in [0.25, 0.3) is 0 Å². The first-order valence-electron chi connectivity index (χ1n) is 6.95. The summed E-state index contributed by atoms with van der Waals surface area (Å²) in [6, 6.07) is 12.1. The summed E-state index contributed by atoms with van der Waals surface area (Å²) in [6.45, 7) is 1.50. The lowest BCUT2D eigenvalue weighted by atomic mass is 10.1. The molecule has 0 fully saturated rings. The van der Waals surface area contributed by atoms with Crippen LogP contribution in [0.3, 0.4) is 0 Å². The average molecular weight is 351 g/mol. The van der Waals surface area contributed by atoms with E-state index in [-0.39, 0.29) is 18.2 Å². The molecule has 2 aromatic rings. The molecule has 0 aliphatic rings. The topological polar surface area (TPSA) is 49.4 Å².